The molecule has 1 amide bonds. The van der Waals surface area contributed by atoms with Crippen LogP contribution in [-0.2, 0) is 9.47 Å². The summed E-state index contributed by atoms with van der Waals surface area (Å²) in [5.41, 5.74) is -0.513. The Morgan fingerprint density at radius 1 is 1.33 bits per heavy atom. The van der Waals surface area contributed by atoms with E-state index in [0.29, 0.717) is 6.61 Å². The molecular formula is C13H27NO4. The molecule has 0 aromatic heterocycles. The van der Waals surface area contributed by atoms with Crippen molar-refractivity contribution in [2.45, 2.75) is 51.7 Å². The Bertz CT molecular complexity index is 238. The average Bonchev–Trinajstić information content (AvgIpc) is 2.26. The minimum atomic E-state index is -0.513. The topological polar surface area (TPSA) is 59.0 Å². The lowest BCUT2D eigenvalue weighted by Crippen LogP contribution is -2.42. The predicted octanol–water partition coefficient (Wildman–Crippen LogP) is 2.03. The summed E-state index contributed by atoms with van der Waals surface area (Å²) in [5.74, 6) is 0. The van der Waals surface area contributed by atoms with Crippen LogP contribution in [0, 0.1) is 0 Å². The summed E-state index contributed by atoms with van der Waals surface area (Å²) >= 11 is 0. The number of likely N-dealkylation sites (N-methyl/N-ethyl adjacent to an activating group) is 1. The minimum Gasteiger partial charge on any atom is -0.444 e. The highest BCUT2D eigenvalue weighted by Crippen LogP contribution is 2.13. The molecule has 1 atom stereocenters. The normalized spacial score (nSPS) is 13.2. The summed E-state index contributed by atoms with van der Waals surface area (Å²) < 4.78 is 10.2. The monoisotopic (exact) mass is 261 g/mol. The van der Waals surface area contributed by atoms with Crippen LogP contribution < -0.4 is 0 Å². The summed E-state index contributed by atoms with van der Waals surface area (Å²) in [4.78, 5) is 13.3. The molecule has 0 bridgehead atoms. The van der Waals surface area contributed by atoms with Gasteiger partial charge in [-0.3, -0.25) is 0 Å². The fourth-order valence-electron chi connectivity index (χ4n) is 1.52. The summed E-state index contributed by atoms with van der Waals surface area (Å²) in [6.45, 7) is 6.12. The van der Waals surface area contributed by atoms with Gasteiger partial charge >= 0.3 is 6.09 Å². The van der Waals surface area contributed by atoms with E-state index in [1.165, 1.54) is 4.90 Å². The first kappa shape index (κ1) is 17.2. The highest BCUT2D eigenvalue weighted by atomic mass is 16.6. The van der Waals surface area contributed by atoms with Crippen LogP contribution in [0.5, 0.6) is 0 Å². The fourth-order valence-corrected chi connectivity index (χ4v) is 1.52. The number of carbonyl (C=O) groups is 1. The van der Waals surface area contributed by atoms with E-state index in [-0.39, 0.29) is 12.6 Å². The van der Waals surface area contributed by atoms with Crippen molar-refractivity contribution >= 4 is 6.09 Å². The number of unbranched alkanes of at least 4 members (excludes halogenated alkanes) is 1. The molecule has 0 saturated heterocycles. The average molecular weight is 261 g/mol. The molecule has 0 aliphatic heterocycles. The van der Waals surface area contributed by atoms with Gasteiger partial charge in [0.15, 0.2) is 0 Å². The van der Waals surface area contributed by atoms with Gasteiger partial charge in [-0.05, 0) is 40.0 Å². The van der Waals surface area contributed by atoms with E-state index in [0.717, 1.165) is 19.3 Å². The van der Waals surface area contributed by atoms with Crippen molar-refractivity contribution in [3.63, 3.8) is 0 Å². The van der Waals surface area contributed by atoms with E-state index in [9.17, 15) is 9.90 Å². The van der Waals surface area contributed by atoms with Gasteiger partial charge in [0.2, 0.25) is 0 Å². The fraction of sp³-hybridized carbons (Fsp3) is 0.923. The van der Waals surface area contributed by atoms with Crippen LogP contribution in [-0.4, -0.2) is 55.1 Å². The first-order valence-electron chi connectivity index (χ1n) is 6.37. The van der Waals surface area contributed by atoms with E-state index in [1.54, 1.807) is 14.2 Å². The van der Waals surface area contributed by atoms with E-state index in [4.69, 9.17) is 9.47 Å². The Morgan fingerprint density at radius 3 is 2.39 bits per heavy atom. The van der Waals surface area contributed by atoms with Crippen LogP contribution in [0.15, 0.2) is 0 Å². The van der Waals surface area contributed by atoms with Crippen LogP contribution in [0.25, 0.3) is 0 Å². The molecule has 0 heterocycles. The van der Waals surface area contributed by atoms with Gasteiger partial charge in [0.1, 0.15) is 5.60 Å². The number of amides is 1. The van der Waals surface area contributed by atoms with Crippen molar-refractivity contribution in [3.05, 3.63) is 0 Å². The minimum absolute atomic E-state index is 0.0529. The van der Waals surface area contributed by atoms with Crippen LogP contribution in [0.3, 0.4) is 0 Å². The van der Waals surface area contributed by atoms with Gasteiger partial charge in [-0.1, -0.05) is 0 Å². The largest absolute Gasteiger partial charge is 0.444 e. The third kappa shape index (κ3) is 7.50. The standard InChI is InChI=1S/C13H27NO4/c1-13(2,3)18-12(16)14(4)11(10-15)8-6-7-9-17-5/h11,15H,6-10H2,1-5H3/t11-/m0/s1. The van der Waals surface area contributed by atoms with Gasteiger partial charge in [-0.15, -0.1) is 0 Å². The SMILES string of the molecule is COCCCC[C@@H](CO)N(C)C(=O)OC(C)(C)C. The highest BCUT2D eigenvalue weighted by Gasteiger charge is 2.24. The zero-order valence-electron chi connectivity index (χ0n) is 12.2. The van der Waals surface area contributed by atoms with Crippen molar-refractivity contribution in [1.29, 1.82) is 0 Å². The first-order chi connectivity index (χ1) is 8.31. The number of hydrogen-bond acceptors (Lipinski definition) is 4. The molecule has 5 nitrogen and oxygen atoms in total. The molecule has 18 heavy (non-hydrogen) atoms. The van der Waals surface area contributed by atoms with Gasteiger partial charge in [0.05, 0.1) is 12.6 Å². The van der Waals surface area contributed by atoms with E-state index < -0.39 is 11.7 Å². The molecule has 0 radical (unpaired) electrons. The molecule has 0 aromatic carbocycles. The quantitative estimate of drug-likeness (QED) is 0.712. The summed E-state index contributed by atoms with van der Waals surface area (Å²) in [5, 5.41) is 9.32. The molecule has 0 spiro atoms. The molecule has 0 aliphatic rings. The molecule has 108 valence electrons. The van der Waals surface area contributed by atoms with E-state index in [2.05, 4.69) is 0 Å². The second-order valence-electron chi connectivity index (χ2n) is 5.42. The number of ether oxygens (including phenoxy) is 2. The highest BCUT2D eigenvalue weighted by molar-refractivity contribution is 5.68. The number of aliphatic hydroxyl groups is 1. The second-order valence-corrected chi connectivity index (χ2v) is 5.42. The van der Waals surface area contributed by atoms with Crippen molar-refractivity contribution in [1.82, 2.24) is 4.90 Å². The lowest BCUT2D eigenvalue weighted by molar-refractivity contribution is 0.0148. The van der Waals surface area contributed by atoms with Gasteiger partial charge < -0.3 is 19.5 Å². The van der Waals surface area contributed by atoms with Crippen LogP contribution >= 0.6 is 0 Å². The number of nitrogens with zero attached hydrogens (tertiary/aromatic N) is 1. The lowest BCUT2D eigenvalue weighted by Gasteiger charge is -2.29. The number of methoxy groups -OCH3 is 1. The molecule has 0 rings (SSSR count). The van der Waals surface area contributed by atoms with Gasteiger partial charge in [-0.2, -0.15) is 0 Å². The maximum absolute atomic E-state index is 11.8. The number of rotatable bonds is 7. The molecule has 0 aliphatic carbocycles. The molecule has 1 N–H and O–H groups in total. The third-order valence-corrected chi connectivity index (χ3v) is 2.58. The molecule has 0 unspecified atom stereocenters. The smallest absolute Gasteiger partial charge is 0.410 e. The van der Waals surface area contributed by atoms with Crippen LogP contribution in [0.1, 0.15) is 40.0 Å². The second kappa shape index (κ2) is 8.32. The van der Waals surface area contributed by atoms with Crippen molar-refractivity contribution in [2.75, 3.05) is 27.4 Å². The molecule has 0 fully saturated rings. The predicted molar refractivity (Wildman–Crippen MR) is 70.6 cm³/mol. The molecular weight excluding hydrogens is 234 g/mol. The lowest BCUT2D eigenvalue weighted by atomic mass is 10.1. The summed E-state index contributed by atoms with van der Waals surface area (Å²) in [6, 6.07) is -0.197. The van der Waals surface area contributed by atoms with E-state index >= 15 is 0 Å². The zero-order chi connectivity index (χ0) is 14.2. The summed E-state index contributed by atoms with van der Waals surface area (Å²) in [6.07, 6.45) is 2.19. The number of aliphatic hydroxyl groups excluding tert-OH is 1. The first-order valence-corrected chi connectivity index (χ1v) is 6.37. The Hall–Kier alpha value is -0.810. The molecule has 5 heteroatoms. The molecule has 0 saturated carbocycles. The Labute approximate surface area is 110 Å². The van der Waals surface area contributed by atoms with Crippen molar-refractivity contribution in [3.8, 4) is 0 Å². The van der Waals surface area contributed by atoms with Crippen molar-refractivity contribution in [2.24, 2.45) is 0 Å². The van der Waals surface area contributed by atoms with Gasteiger partial charge in [0.25, 0.3) is 0 Å². The number of carbonyl (C=O) groups excluding carboxylic acids is 1. The number of hydrogen-bond donors (Lipinski definition) is 1. The van der Waals surface area contributed by atoms with Crippen LogP contribution in [0.4, 0.5) is 4.79 Å². The zero-order valence-corrected chi connectivity index (χ0v) is 12.2. The van der Waals surface area contributed by atoms with Crippen molar-refractivity contribution < 1.29 is 19.4 Å². The maximum Gasteiger partial charge on any atom is 0.410 e. The van der Waals surface area contributed by atoms with Gasteiger partial charge in [0, 0.05) is 20.8 Å². The van der Waals surface area contributed by atoms with Gasteiger partial charge in [-0.25, -0.2) is 4.79 Å². The Kier molecular flexibility index (Phi) is 7.95. The Morgan fingerprint density at radius 2 is 1.94 bits per heavy atom. The summed E-state index contributed by atoms with van der Waals surface area (Å²) in [7, 11) is 3.32. The van der Waals surface area contributed by atoms with Crippen LogP contribution in [0.2, 0.25) is 0 Å². The Balaban J connectivity index is 4.16. The molecule has 0 aromatic rings. The maximum atomic E-state index is 11.8. The third-order valence-electron chi connectivity index (χ3n) is 2.58. The van der Waals surface area contributed by atoms with E-state index in [1.807, 2.05) is 20.8 Å².